The smallest absolute Gasteiger partial charge is 0.380 e. The first-order valence-corrected chi connectivity index (χ1v) is 7.30. The Kier molecular flexibility index (Phi) is 4.84. The van der Waals surface area contributed by atoms with Crippen LogP contribution in [-0.4, -0.2) is 0 Å². The molecule has 2 aromatic carbocycles. The Morgan fingerprint density at radius 1 is 1.14 bits per heavy atom. The van der Waals surface area contributed by atoms with Crippen molar-refractivity contribution in [1.82, 2.24) is 0 Å². The fraction of sp³-hybridized carbons (Fsp3) is 0.200. The number of benzene rings is 2. The van der Waals surface area contributed by atoms with E-state index in [-0.39, 0.29) is 10.7 Å². The van der Waals surface area contributed by atoms with E-state index in [1.165, 1.54) is 12.1 Å². The fourth-order valence-corrected chi connectivity index (χ4v) is 2.45. The van der Waals surface area contributed by atoms with Gasteiger partial charge < -0.3 is 5.32 Å². The van der Waals surface area contributed by atoms with Crippen molar-refractivity contribution >= 4 is 33.2 Å². The van der Waals surface area contributed by atoms with Gasteiger partial charge >= 0.3 is 6.18 Å². The molecule has 2 aromatic rings. The van der Waals surface area contributed by atoms with E-state index in [1.54, 1.807) is 0 Å². The molecule has 0 aliphatic carbocycles. The highest BCUT2D eigenvalue weighted by Crippen LogP contribution is 2.36. The second-order valence-corrected chi connectivity index (χ2v) is 5.92. The van der Waals surface area contributed by atoms with Crippen molar-refractivity contribution in [2.45, 2.75) is 19.6 Å². The van der Waals surface area contributed by atoms with E-state index in [0.29, 0.717) is 6.54 Å². The monoisotopic (exact) mass is 377 g/mol. The third-order valence-electron chi connectivity index (χ3n) is 3.01. The largest absolute Gasteiger partial charge is 0.418 e. The molecule has 0 aliphatic heterocycles. The summed E-state index contributed by atoms with van der Waals surface area (Å²) in [4.78, 5) is 0. The Hall–Kier alpha value is -1.20. The van der Waals surface area contributed by atoms with Crippen LogP contribution in [0.25, 0.3) is 0 Å². The van der Waals surface area contributed by atoms with E-state index in [1.807, 2.05) is 25.1 Å². The standard InChI is InChI=1S/C15H12BrClF3N/c1-9-2-3-10(6-13(9)16)8-21-14-5-4-11(17)7-12(14)15(18,19)20/h2-7,21H,8H2,1H3. The maximum atomic E-state index is 13.0. The molecule has 6 heteroatoms. The van der Waals surface area contributed by atoms with Gasteiger partial charge in [-0.15, -0.1) is 0 Å². The lowest BCUT2D eigenvalue weighted by atomic mass is 10.1. The number of hydrogen-bond acceptors (Lipinski definition) is 1. The van der Waals surface area contributed by atoms with Crippen LogP contribution in [0.1, 0.15) is 16.7 Å². The van der Waals surface area contributed by atoms with Gasteiger partial charge in [0.2, 0.25) is 0 Å². The zero-order valence-corrected chi connectivity index (χ0v) is 13.4. The molecule has 0 radical (unpaired) electrons. The molecule has 0 amide bonds. The van der Waals surface area contributed by atoms with Crippen molar-refractivity contribution in [1.29, 1.82) is 0 Å². The van der Waals surface area contributed by atoms with Crippen LogP contribution in [0.5, 0.6) is 0 Å². The molecular formula is C15H12BrClF3N. The summed E-state index contributed by atoms with van der Waals surface area (Å²) >= 11 is 9.05. The van der Waals surface area contributed by atoms with E-state index in [4.69, 9.17) is 11.6 Å². The van der Waals surface area contributed by atoms with E-state index in [9.17, 15) is 13.2 Å². The van der Waals surface area contributed by atoms with Crippen LogP contribution in [0, 0.1) is 6.92 Å². The summed E-state index contributed by atoms with van der Waals surface area (Å²) in [5, 5.41) is 2.87. The SMILES string of the molecule is Cc1ccc(CNc2ccc(Cl)cc2C(F)(F)F)cc1Br. The number of alkyl halides is 3. The minimum absolute atomic E-state index is 0.0172. The molecule has 1 N–H and O–H groups in total. The van der Waals surface area contributed by atoms with Crippen LogP contribution in [0.2, 0.25) is 5.02 Å². The molecule has 2 rings (SSSR count). The molecule has 0 saturated carbocycles. The van der Waals surface area contributed by atoms with Crippen molar-refractivity contribution in [3.8, 4) is 0 Å². The molecule has 1 nitrogen and oxygen atoms in total. The minimum Gasteiger partial charge on any atom is -0.380 e. The van der Waals surface area contributed by atoms with Gasteiger partial charge in [0.1, 0.15) is 0 Å². The highest BCUT2D eigenvalue weighted by Gasteiger charge is 2.33. The van der Waals surface area contributed by atoms with Crippen molar-refractivity contribution in [2.24, 2.45) is 0 Å². The number of anilines is 1. The second kappa shape index (κ2) is 6.28. The zero-order valence-electron chi connectivity index (χ0n) is 11.1. The van der Waals surface area contributed by atoms with Gasteiger partial charge in [0.25, 0.3) is 0 Å². The Bertz CT molecular complexity index is 656. The average Bonchev–Trinajstić information content (AvgIpc) is 2.40. The zero-order chi connectivity index (χ0) is 15.6. The summed E-state index contributed by atoms with van der Waals surface area (Å²) < 4.78 is 39.8. The predicted molar refractivity (Wildman–Crippen MR) is 82.7 cm³/mol. The number of nitrogens with one attached hydrogen (secondary N) is 1. The summed E-state index contributed by atoms with van der Waals surface area (Å²) in [5.74, 6) is 0. The molecule has 0 unspecified atom stereocenters. The van der Waals surface area contributed by atoms with Crippen LogP contribution in [0.3, 0.4) is 0 Å². The summed E-state index contributed by atoms with van der Waals surface area (Å²) in [6.45, 7) is 2.24. The first-order chi connectivity index (χ1) is 9.77. The van der Waals surface area contributed by atoms with Crippen LogP contribution in [-0.2, 0) is 12.7 Å². The van der Waals surface area contributed by atoms with Crippen molar-refractivity contribution in [3.05, 3.63) is 62.6 Å². The Balaban J connectivity index is 2.22. The molecule has 0 bridgehead atoms. The van der Waals surface area contributed by atoms with E-state index in [0.717, 1.165) is 21.7 Å². The second-order valence-electron chi connectivity index (χ2n) is 4.62. The van der Waals surface area contributed by atoms with E-state index in [2.05, 4.69) is 21.2 Å². The maximum absolute atomic E-state index is 13.0. The molecule has 21 heavy (non-hydrogen) atoms. The van der Waals surface area contributed by atoms with Crippen molar-refractivity contribution in [2.75, 3.05) is 5.32 Å². The molecule has 0 aliphatic rings. The van der Waals surface area contributed by atoms with Gasteiger partial charge in [0.15, 0.2) is 0 Å². The molecule has 0 spiro atoms. The van der Waals surface area contributed by atoms with Gasteiger partial charge in [-0.2, -0.15) is 13.2 Å². The first-order valence-electron chi connectivity index (χ1n) is 6.13. The predicted octanol–water partition coefficient (Wildman–Crippen LogP) is 6.04. The van der Waals surface area contributed by atoms with Gasteiger partial charge in [-0.05, 0) is 42.3 Å². The topological polar surface area (TPSA) is 12.0 Å². The summed E-state index contributed by atoms with van der Waals surface area (Å²) in [6, 6.07) is 9.36. The lowest BCUT2D eigenvalue weighted by Crippen LogP contribution is -2.11. The fourth-order valence-electron chi connectivity index (χ4n) is 1.85. The Morgan fingerprint density at radius 2 is 1.86 bits per heavy atom. The summed E-state index contributed by atoms with van der Waals surface area (Å²) in [6.07, 6.45) is -4.44. The molecule has 0 saturated heterocycles. The number of halogens is 5. The molecule has 0 fully saturated rings. The van der Waals surface area contributed by atoms with E-state index < -0.39 is 11.7 Å². The summed E-state index contributed by atoms with van der Waals surface area (Å²) in [7, 11) is 0. The normalized spacial score (nSPS) is 11.5. The molecule has 0 heterocycles. The van der Waals surface area contributed by atoms with Crippen molar-refractivity contribution < 1.29 is 13.2 Å². The molecular weight excluding hydrogens is 367 g/mol. The van der Waals surface area contributed by atoms with E-state index >= 15 is 0 Å². The lowest BCUT2D eigenvalue weighted by Gasteiger charge is -2.15. The minimum atomic E-state index is -4.44. The third kappa shape index (κ3) is 4.14. The third-order valence-corrected chi connectivity index (χ3v) is 4.10. The highest BCUT2D eigenvalue weighted by atomic mass is 79.9. The molecule has 0 aromatic heterocycles. The Labute approximate surface area is 134 Å². The summed E-state index contributed by atoms with van der Waals surface area (Å²) in [5.41, 5.74) is 1.21. The first kappa shape index (κ1) is 16.2. The van der Waals surface area contributed by atoms with Gasteiger partial charge in [0, 0.05) is 21.7 Å². The lowest BCUT2D eigenvalue weighted by molar-refractivity contribution is -0.136. The molecule has 112 valence electrons. The highest BCUT2D eigenvalue weighted by molar-refractivity contribution is 9.10. The average molecular weight is 379 g/mol. The van der Waals surface area contributed by atoms with Gasteiger partial charge in [-0.1, -0.05) is 39.7 Å². The van der Waals surface area contributed by atoms with Crippen LogP contribution in [0.15, 0.2) is 40.9 Å². The number of rotatable bonds is 3. The number of hydrogen-bond donors (Lipinski definition) is 1. The number of aryl methyl sites for hydroxylation is 1. The maximum Gasteiger partial charge on any atom is 0.418 e. The van der Waals surface area contributed by atoms with Crippen LogP contribution < -0.4 is 5.32 Å². The van der Waals surface area contributed by atoms with Crippen LogP contribution >= 0.6 is 27.5 Å². The van der Waals surface area contributed by atoms with Gasteiger partial charge in [-0.3, -0.25) is 0 Å². The van der Waals surface area contributed by atoms with Gasteiger partial charge in [0.05, 0.1) is 5.56 Å². The van der Waals surface area contributed by atoms with Crippen molar-refractivity contribution in [3.63, 3.8) is 0 Å². The molecule has 0 atom stereocenters. The van der Waals surface area contributed by atoms with Crippen LogP contribution in [0.4, 0.5) is 18.9 Å². The quantitative estimate of drug-likeness (QED) is 0.686. The van der Waals surface area contributed by atoms with Gasteiger partial charge in [-0.25, -0.2) is 0 Å². The Morgan fingerprint density at radius 3 is 2.48 bits per heavy atom.